The van der Waals surface area contributed by atoms with Crippen LogP contribution in [0.4, 0.5) is 4.39 Å². The minimum Gasteiger partial charge on any atom is -0.303 e. The molecule has 0 aromatic heterocycles. The van der Waals surface area contributed by atoms with E-state index in [0.29, 0.717) is 12.3 Å². The third-order valence-corrected chi connectivity index (χ3v) is 2.00. The van der Waals surface area contributed by atoms with Crippen LogP contribution in [-0.4, -0.2) is 6.29 Å². The first-order valence-corrected chi connectivity index (χ1v) is 4.40. The molecule has 0 amide bonds. The monoisotopic (exact) mass is 180 g/mol. The molecule has 1 nitrogen and oxygen atoms in total. The van der Waals surface area contributed by atoms with E-state index in [1.54, 1.807) is 12.1 Å². The Hall–Kier alpha value is -1.18. The first kappa shape index (κ1) is 9.90. The lowest BCUT2D eigenvalue weighted by Gasteiger charge is -2.06. The van der Waals surface area contributed by atoms with Crippen molar-refractivity contribution in [3.8, 4) is 0 Å². The van der Waals surface area contributed by atoms with E-state index in [9.17, 15) is 9.18 Å². The van der Waals surface area contributed by atoms with E-state index in [2.05, 4.69) is 0 Å². The second-order valence-corrected chi connectivity index (χ2v) is 3.34. The lowest BCUT2D eigenvalue weighted by atomic mass is 9.99. The molecule has 1 atom stereocenters. The quantitative estimate of drug-likeness (QED) is 0.651. The number of carbonyl (C=O) groups excluding carboxylic acids is 1. The first-order valence-electron chi connectivity index (χ1n) is 4.40. The van der Waals surface area contributed by atoms with Crippen molar-refractivity contribution in [2.45, 2.75) is 19.8 Å². The van der Waals surface area contributed by atoms with Crippen molar-refractivity contribution < 1.29 is 9.18 Å². The van der Waals surface area contributed by atoms with Gasteiger partial charge in [0.15, 0.2) is 0 Å². The van der Waals surface area contributed by atoms with Gasteiger partial charge < -0.3 is 4.79 Å². The van der Waals surface area contributed by atoms with Gasteiger partial charge in [-0.15, -0.1) is 0 Å². The van der Waals surface area contributed by atoms with Crippen LogP contribution in [0.25, 0.3) is 0 Å². The van der Waals surface area contributed by atoms with Crippen molar-refractivity contribution in [1.82, 2.24) is 0 Å². The van der Waals surface area contributed by atoms with Crippen molar-refractivity contribution in [2.75, 3.05) is 0 Å². The number of rotatable bonds is 4. The molecule has 13 heavy (non-hydrogen) atoms. The summed E-state index contributed by atoms with van der Waals surface area (Å²) in [6.07, 6.45) is 2.32. The van der Waals surface area contributed by atoms with Gasteiger partial charge in [-0.2, -0.15) is 0 Å². The third kappa shape index (κ3) is 3.36. The van der Waals surface area contributed by atoms with Gasteiger partial charge in [0.05, 0.1) is 0 Å². The Morgan fingerprint density at radius 3 is 2.54 bits per heavy atom. The molecule has 0 radical (unpaired) electrons. The summed E-state index contributed by atoms with van der Waals surface area (Å²) in [5, 5.41) is 0. The highest BCUT2D eigenvalue weighted by Crippen LogP contribution is 2.11. The molecule has 1 aromatic rings. The SMILES string of the molecule is CC(CC=O)Cc1ccc(F)cc1. The summed E-state index contributed by atoms with van der Waals surface area (Å²) >= 11 is 0. The van der Waals surface area contributed by atoms with Crippen molar-refractivity contribution in [3.63, 3.8) is 0 Å². The first-order chi connectivity index (χ1) is 6.22. The standard InChI is InChI=1S/C11H13FO/c1-9(6-7-13)8-10-2-4-11(12)5-3-10/h2-5,7,9H,6,8H2,1H3. The molecule has 0 saturated heterocycles. The molecular formula is C11H13FO. The molecule has 0 heterocycles. The van der Waals surface area contributed by atoms with Gasteiger partial charge in [0.25, 0.3) is 0 Å². The molecule has 0 spiro atoms. The van der Waals surface area contributed by atoms with Gasteiger partial charge in [0.1, 0.15) is 12.1 Å². The van der Waals surface area contributed by atoms with E-state index in [4.69, 9.17) is 0 Å². The van der Waals surface area contributed by atoms with Crippen molar-refractivity contribution >= 4 is 6.29 Å². The van der Waals surface area contributed by atoms with Gasteiger partial charge in [0.2, 0.25) is 0 Å². The summed E-state index contributed by atoms with van der Waals surface area (Å²) in [5.41, 5.74) is 1.08. The van der Waals surface area contributed by atoms with Crippen LogP contribution in [0.15, 0.2) is 24.3 Å². The topological polar surface area (TPSA) is 17.1 Å². The van der Waals surface area contributed by atoms with E-state index >= 15 is 0 Å². The molecule has 0 bridgehead atoms. The van der Waals surface area contributed by atoms with Crippen molar-refractivity contribution in [1.29, 1.82) is 0 Å². The molecule has 70 valence electrons. The van der Waals surface area contributed by atoms with Gasteiger partial charge in [-0.25, -0.2) is 4.39 Å². The summed E-state index contributed by atoms with van der Waals surface area (Å²) < 4.78 is 12.5. The minimum atomic E-state index is -0.216. The molecule has 0 aliphatic carbocycles. The lowest BCUT2D eigenvalue weighted by Crippen LogP contribution is -2.00. The lowest BCUT2D eigenvalue weighted by molar-refractivity contribution is -0.108. The molecule has 0 fully saturated rings. The van der Waals surface area contributed by atoms with Crippen molar-refractivity contribution in [3.05, 3.63) is 35.6 Å². The van der Waals surface area contributed by atoms with Crippen LogP contribution in [0.3, 0.4) is 0 Å². The fourth-order valence-corrected chi connectivity index (χ4v) is 1.27. The van der Waals surface area contributed by atoms with Gasteiger partial charge in [-0.05, 0) is 30.0 Å². The van der Waals surface area contributed by atoms with Crippen LogP contribution in [0.2, 0.25) is 0 Å². The molecule has 1 unspecified atom stereocenters. The summed E-state index contributed by atoms with van der Waals surface area (Å²) in [6, 6.07) is 6.42. The zero-order valence-corrected chi connectivity index (χ0v) is 7.66. The van der Waals surface area contributed by atoms with E-state index in [0.717, 1.165) is 18.3 Å². The molecule has 0 saturated carbocycles. The molecule has 0 aliphatic rings. The van der Waals surface area contributed by atoms with Crippen LogP contribution >= 0.6 is 0 Å². The largest absolute Gasteiger partial charge is 0.303 e. The fraction of sp³-hybridized carbons (Fsp3) is 0.364. The molecule has 0 N–H and O–H groups in total. The van der Waals surface area contributed by atoms with Crippen LogP contribution < -0.4 is 0 Å². The van der Waals surface area contributed by atoms with Crippen LogP contribution in [0.1, 0.15) is 18.9 Å². The van der Waals surface area contributed by atoms with Gasteiger partial charge in [-0.1, -0.05) is 19.1 Å². The van der Waals surface area contributed by atoms with Gasteiger partial charge in [0, 0.05) is 6.42 Å². The van der Waals surface area contributed by atoms with Gasteiger partial charge in [-0.3, -0.25) is 0 Å². The summed E-state index contributed by atoms with van der Waals surface area (Å²) in [7, 11) is 0. The maximum absolute atomic E-state index is 12.5. The minimum absolute atomic E-state index is 0.216. The normalized spacial score (nSPS) is 12.5. The molecule has 1 aromatic carbocycles. The Morgan fingerprint density at radius 2 is 2.00 bits per heavy atom. The van der Waals surface area contributed by atoms with E-state index in [1.807, 2.05) is 6.92 Å². The number of carbonyl (C=O) groups is 1. The molecular weight excluding hydrogens is 167 g/mol. The average molecular weight is 180 g/mol. The van der Waals surface area contributed by atoms with E-state index in [-0.39, 0.29) is 5.82 Å². The predicted molar refractivity (Wildman–Crippen MR) is 49.9 cm³/mol. The maximum Gasteiger partial charge on any atom is 0.123 e. The summed E-state index contributed by atoms with van der Waals surface area (Å²) in [6.45, 7) is 2.01. The number of hydrogen-bond acceptors (Lipinski definition) is 1. The third-order valence-electron chi connectivity index (χ3n) is 2.00. The van der Waals surface area contributed by atoms with Crippen molar-refractivity contribution in [2.24, 2.45) is 5.92 Å². The Labute approximate surface area is 77.6 Å². The summed E-state index contributed by atoms with van der Waals surface area (Å²) in [4.78, 5) is 10.2. The zero-order valence-electron chi connectivity index (χ0n) is 7.66. The summed E-state index contributed by atoms with van der Waals surface area (Å²) in [5.74, 6) is 0.120. The van der Waals surface area contributed by atoms with Crippen LogP contribution in [-0.2, 0) is 11.2 Å². The Balaban J connectivity index is 2.53. The Kier molecular flexibility index (Phi) is 3.62. The number of aldehydes is 1. The van der Waals surface area contributed by atoms with Crippen LogP contribution in [0, 0.1) is 11.7 Å². The molecule has 2 heteroatoms. The second-order valence-electron chi connectivity index (χ2n) is 3.34. The Morgan fingerprint density at radius 1 is 1.38 bits per heavy atom. The highest BCUT2D eigenvalue weighted by atomic mass is 19.1. The smallest absolute Gasteiger partial charge is 0.123 e. The zero-order chi connectivity index (χ0) is 9.68. The van der Waals surface area contributed by atoms with Gasteiger partial charge >= 0.3 is 0 Å². The number of hydrogen-bond donors (Lipinski definition) is 0. The second kappa shape index (κ2) is 4.75. The number of benzene rings is 1. The van der Waals surface area contributed by atoms with Crippen LogP contribution in [0.5, 0.6) is 0 Å². The highest BCUT2D eigenvalue weighted by molar-refractivity contribution is 5.49. The predicted octanol–water partition coefficient (Wildman–Crippen LogP) is 2.59. The molecule has 1 rings (SSSR count). The van der Waals surface area contributed by atoms with E-state index < -0.39 is 0 Å². The maximum atomic E-state index is 12.5. The average Bonchev–Trinajstić information content (AvgIpc) is 2.09. The Bertz CT molecular complexity index is 266. The fourth-order valence-electron chi connectivity index (χ4n) is 1.27. The molecule has 0 aliphatic heterocycles. The highest BCUT2D eigenvalue weighted by Gasteiger charge is 2.02. The van der Waals surface area contributed by atoms with E-state index in [1.165, 1.54) is 12.1 Å². The number of halogens is 1.